The van der Waals surface area contributed by atoms with E-state index in [4.69, 9.17) is 4.74 Å². The van der Waals surface area contributed by atoms with Crippen molar-refractivity contribution in [2.75, 3.05) is 12.4 Å². The lowest BCUT2D eigenvalue weighted by atomic mass is 10.2. The molecule has 0 bridgehead atoms. The molecule has 0 saturated heterocycles. The van der Waals surface area contributed by atoms with Crippen LogP contribution in [0.3, 0.4) is 0 Å². The zero-order chi connectivity index (χ0) is 15.6. The molecular formula is C15H14Br3NO2. The maximum Gasteiger partial charge on any atom is 0.172 e. The van der Waals surface area contributed by atoms with Crippen LogP contribution in [-0.4, -0.2) is 12.2 Å². The summed E-state index contributed by atoms with van der Waals surface area (Å²) >= 11 is 10.4. The third-order valence-corrected chi connectivity index (χ3v) is 4.82. The molecule has 0 spiro atoms. The molecule has 0 aliphatic rings. The number of benzene rings is 2. The normalized spacial score (nSPS) is 10.5. The van der Waals surface area contributed by atoms with Gasteiger partial charge in [0, 0.05) is 15.5 Å². The van der Waals surface area contributed by atoms with Gasteiger partial charge < -0.3 is 15.2 Å². The van der Waals surface area contributed by atoms with E-state index in [1.54, 1.807) is 0 Å². The molecule has 0 heterocycles. The smallest absolute Gasteiger partial charge is 0.172 e. The Balaban J connectivity index is 2.23. The van der Waals surface area contributed by atoms with E-state index in [-0.39, 0.29) is 5.75 Å². The summed E-state index contributed by atoms with van der Waals surface area (Å²) in [4.78, 5) is 0. The van der Waals surface area contributed by atoms with E-state index in [9.17, 15) is 5.11 Å². The fraction of sp³-hybridized carbons (Fsp3) is 0.200. The van der Waals surface area contributed by atoms with Gasteiger partial charge >= 0.3 is 0 Å². The lowest BCUT2D eigenvalue weighted by molar-refractivity contribution is 0.371. The summed E-state index contributed by atoms with van der Waals surface area (Å²) in [7, 11) is 1.53. The Morgan fingerprint density at radius 3 is 2.24 bits per heavy atom. The second-order valence-electron chi connectivity index (χ2n) is 4.59. The number of phenolic OH excluding ortho intramolecular Hbond substituents is 1. The largest absolute Gasteiger partial charge is 0.503 e. The Morgan fingerprint density at radius 1 is 1.05 bits per heavy atom. The highest BCUT2D eigenvalue weighted by Gasteiger charge is 2.10. The average Bonchev–Trinajstić information content (AvgIpc) is 2.41. The van der Waals surface area contributed by atoms with Crippen LogP contribution in [0.25, 0.3) is 0 Å². The standard InChI is InChI=1S/C15H14Br3NO2/c1-8-3-10(16)14(11(17)4-8)19-7-9-5-12(18)15(20)13(6-9)21-2/h3-6,19-20H,7H2,1-2H3. The fourth-order valence-electron chi connectivity index (χ4n) is 1.94. The van der Waals surface area contributed by atoms with Crippen LogP contribution in [0.15, 0.2) is 37.7 Å². The maximum absolute atomic E-state index is 9.82. The first kappa shape index (κ1) is 16.6. The first-order valence-electron chi connectivity index (χ1n) is 6.17. The SMILES string of the molecule is COc1cc(CNc2c(Br)cc(C)cc2Br)cc(Br)c1O. The molecule has 2 rings (SSSR count). The van der Waals surface area contributed by atoms with Gasteiger partial charge in [-0.25, -0.2) is 0 Å². The van der Waals surface area contributed by atoms with Crippen molar-refractivity contribution in [1.29, 1.82) is 0 Å². The molecule has 3 nitrogen and oxygen atoms in total. The molecule has 2 aromatic carbocycles. The monoisotopic (exact) mass is 477 g/mol. The first-order chi connectivity index (χ1) is 9.92. The summed E-state index contributed by atoms with van der Waals surface area (Å²) in [6.07, 6.45) is 0. The Morgan fingerprint density at radius 2 is 1.67 bits per heavy atom. The summed E-state index contributed by atoms with van der Waals surface area (Å²) < 4.78 is 7.77. The highest BCUT2D eigenvalue weighted by Crippen LogP contribution is 2.36. The summed E-state index contributed by atoms with van der Waals surface area (Å²) in [5.74, 6) is 0.558. The molecule has 112 valence electrons. The van der Waals surface area contributed by atoms with Crippen LogP contribution >= 0.6 is 47.8 Å². The fourth-order valence-corrected chi connectivity index (χ4v) is 4.13. The number of aryl methyl sites for hydroxylation is 1. The Hall–Kier alpha value is -0.720. The second kappa shape index (κ2) is 7.03. The summed E-state index contributed by atoms with van der Waals surface area (Å²) in [6, 6.07) is 7.78. The van der Waals surface area contributed by atoms with Crippen molar-refractivity contribution in [3.63, 3.8) is 0 Å². The number of phenols is 1. The molecule has 0 aromatic heterocycles. The van der Waals surface area contributed by atoms with Crippen LogP contribution in [-0.2, 0) is 6.54 Å². The Bertz CT molecular complexity index is 651. The number of ether oxygens (including phenoxy) is 1. The van der Waals surface area contributed by atoms with Crippen LogP contribution in [0.1, 0.15) is 11.1 Å². The molecule has 0 radical (unpaired) electrons. The van der Waals surface area contributed by atoms with Gasteiger partial charge in [-0.1, -0.05) is 0 Å². The van der Waals surface area contributed by atoms with Crippen molar-refractivity contribution in [1.82, 2.24) is 0 Å². The minimum atomic E-state index is 0.110. The number of anilines is 1. The molecule has 6 heteroatoms. The highest BCUT2D eigenvalue weighted by atomic mass is 79.9. The number of aromatic hydroxyl groups is 1. The van der Waals surface area contributed by atoms with E-state index < -0.39 is 0 Å². The number of hydrogen-bond acceptors (Lipinski definition) is 3. The van der Waals surface area contributed by atoms with E-state index >= 15 is 0 Å². The van der Waals surface area contributed by atoms with E-state index in [1.807, 2.05) is 19.1 Å². The third kappa shape index (κ3) is 3.93. The molecule has 0 aliphatic carbocycles. The number of methoxy groups -OCH3 is 1. The number of halogens is 3. The highest BCUT2D eigenvalue weighted by molar-refractivity contribution is 9.11. The van der Waals surface area contributed by atoms with Gasteiger partial charge in [0.2, 0.25) is 0 Å². The molecule has 0 fully saturated rings. The quantitative estimate of drug-likeness (QED) is 0.599. The van der Waals surface area contributed by atoms with E-state index in [0.717, 1.165) is 20.2 Å². The van der Waals surface area contributed by atoms with Crippen molar-refractivity contribution in [3.8, 4) is 11.5 Å². The Kier molecular flexibility index (Phi) is 5.57. The summed E-state index contributed by atoms with van der Waals surface area (Å²) in [6.45, 7) is 2.65. The average molecular weight is 480 g/mol. The lowest BCUT2D eigenvalue weighted by Crippen LogP contribution is -2.02. The van der Waals surface area contributed by atoms with Crippen LogP contribution in [0.5, 0.6) is 11.5 Å². The first-order valence-corrected chi connectivity index (χ1v) is 8.55. The minimum absolute atomic E-state index is 0.110. The van der Waals surface area contributed by atoms with Gasteiger partial charge in [0.1, 0.15) is 0 Å². The second-order valence-corrected chi connectivity index (χ2v) is 7.15. The minimum Gasteiger partial charge on any atom is -0.503 e. The number of hydrogen-bond donors (Lipinski definition) is 2. The van der Waals surface area contributed by atoms with Gasteiger partial charge in [-0.05, 0) is 90.1 Å². The summed E-state index contributed by atoms with van der Waals surface area (Å²) in [5.41, 5.74) is 3.16. The van der Waals surface area contributed by atoms with E-state index in [2.05, 4.69) is 65.2 Å². The van der Waals surface area contributed by atoms with Gasteiger partial charge in [-0.3, -0.25) is 0 Å². The van der Waals surface area contributed by atoms with Crippen LogP contribution in [0.2, 0.25) is 0 Å². The van der Waals surface area contributed by atoms with Gasteiger partial charge in [0.05, 0.1) is 17.3 Å². The summed E-state index contributed by atoms with van der Waals surface area (Å²) in [5, 5.41) is 13.2. The van der Waals surface area contributed by atoms with Crippen LogP contribution in [0.4, 0.5) is 5.69 Å². The van der Waals surface area contributed by atoms with Crippen LogP contribution in [0, 0.1) is 6.92 Å². The van der Waals surface area contributed by atoms with E-state index in [1.165, 1.54) is 12.7 Å². The van der Waals surface area contributed by atoms with Gasteiger partial charge in [-0.15, -0.1) is 0 Å². The molecule has 0 atom stereocenters. The molecule has 0 unspecified atom stereocenters. The number of rotatable bonds is 4. The predicted octanol–water partition coefficient (Wildman–Crippen LogP) is 5.61. The molecule has 2 N–H and O–H groups in total. The maximum atomic E-state index is 9.82. The topological polar surface area (TPSA) is 41.5 Å². The zero-order valence-electron chi connectivity index (χ0n) is 11.5. The molecule has 2 aromatic rings. The van der Waals surface area contributed by atoms with Gasteiger partial charge in [0.15, 0.2) is 11.5 Å². The molecule has 0 aliphatic heterocycles. The van der Waals surface area contributed by atoms with Crippen molar-refractivity contribution < 1.29 is 9.84 Å². The predicted molar refractivity (Wildman–Crippen MR) is 96.3 cm³/mol. The lowest BCUT2D eigenvalue weighted by Gasteiger charge is -2.13. The van der Waals surface area contributed by atoms with Gasteiger partial charge in [-0.2, -0.15) is 0 Å². The number of nitrogens with one attached hydrogen (secondary N) is 1. The van der Waals surface area contributed by atoms with E-state index in [0.29, 0.717) is 16.8 Å². The van der Waals surface area contributed by atoms with Gasteiger partial charge in [0.25, 0.3) is 0 Å². The molecule has 21 heavy (non-hydrogen) atoms. The van der Waals surface area contributed by atoms with Crippen molar-refractivity contribution in [2.45, 2.75) is 13.5 Å². The van der Waals surface area contributed by atoms with Crippen molar-refractivity contribution in [2.24, 2.45) is 0 Å². The van der Waals surface area contributed by atoms with Crippen molar-refractivity contribution >= 4 is 53.5 Å². The molecule has 0 saturated carbocycles. The van der Waals surface area contributed by atoms with Crippen LogP contribution < -0.4 is 10.1 Å². The Labute approximate surface area is 149 Å². The third-order valence-electron chi connectivity index (χ3n) is 2.96. The van der Waals surface area contributed by atoms with Crippen molar-refractivity contribution in [3.05, 3.63) is 48.8 Å². The molecular weight excluding hydrogens is 466 g/mol. The molecule has 0 amide bonds. The zero-order valence-corrected chi connectivity index (χ0v) is 16.3.